The number of benzene rings is 2. The molecule has 0 atom stereocenters. The van der Waals surface area contributed by atoms with Crippen LogP contribution in [0.1, 0.15) is 15.9 Å². The summed E-state index contributed by atoms with van der Waals surface area (Å²) in [6.07, 6.45) is 1.06. The number of carbonyl (C=O) groups excluding carboxylic acids is 2. The Morgan fingerprint density at radius 1 is 0.912 bits per heavy atom. The van der Waals surface area contributed by atoms with Gasteiger partial charge in [0, 0.05) is 43.6 Å². The average molecular weight is 460 g/mol. The summed E-state index contributed by atoms with van der Waals surface area (Å²) in [6, 6.07) is 19.1. The van der Waals surface area contributed by atoms with Crippen LogP contribution in [0.5, 0.6) is 5.75 Å². The molecule has 2 amide bonds. The van der Waals surface area contributed by atoms with Crippen molar-refractivity contribution >= 4 is 29.5 Å². The van der Waals surface area contributed by atoms with Gasteiger partial charge in [-0.1, -0.05) is 24.3 Å². The third kappa shape index (κ3) is 5.89. The van der Waals surface area contributed by atoms with Gasteiger partial charge in [-0.05, 0) is 48.0 Å². The van der Waals surface area contributed by atoms with Gasteiger partial charge >= 0.3 is 12.1 Å². The Labute approximate surface area is 196 Å². The number of carboxylic acid groups (broad SMARTS) is 1. The van der Waals surface area contributed by atoms with Crippen molar-refractivity contribution in [1.29, 1.82) is 0 Å². The van der Waals surface area contributed by atoms with Crippen LogP contribution in [-0.2, 0) is 11.2 Å². The zero-order chi connectivity index (χ0) is 23.9. The summed E-state index contributed by atoms with van der Waals surface area (Å²) in [7, 11) is 0. The number of nitrogens with one attached hydrogen (secondary N) is 1. The SMILES string of the molecule is O=C(O)Cc1ccc(N2CCN(C(=O)Oc3ccc(NC(=O)c4ccccc4)cc3)CC2)nc1. The zero-order valence-corrected chi connectivity index (χ0v) is 18.4. The second-order valence-corrected chi connectivity index (χ2v) is 7.78. The number of ether oxygens (including phenoxy) is 1. The summed E-state index contributed by atoms with van der Waals surface area (Å²) >= 11 is 0. The van der Waals surface area contributed by atoms with Crippen LogP contribution in [0, 0.1) is 0 Å². The van der Waals surface area contributed by atoms with Crippen LogP contribution in [0.25, 0.3) is 0 Å². The molecule has 1 aromatic heterocycles. The monoisotopic (exact) mass is 460 g/mol. The lowest BCUT2D eigenvalue weighted by Gasteiger charge is -2.34. The largest absolute Gasteiger partial charge is 0.481 e. The molecule has 9 nitrogen and oxygen atoms in total. The fourth-order valence-corrected chi connectivity index (χ4v) is 3.57. The first kappa shape index (κ1) is 22.8. The van der Waals surface area contributed by atoms with Gasteiger partial charge in [0.2, 0.25) is 0 Å². The number of aromatic nitrogens is 1. The van der Waals surface area contributed by atoms with E-state index in [4.69, 9.17) is 9.84 Å². The van der Waals surface area contributed by atoms with Gasteiger partial charge < -0.3 is 25.0 Å². The first-order chi connectivity index (χ1) is 16.5. The third-order valence-electron chi connectivity index (χ3n) is 5.38. The van der Waals surface area contributed by atoms with Crippen molar-refractivity contribution in [2.45, 2.75) is 6.42 Å². The molecule has 9 heteroatoms. The highest BCUT2D eigenvalue weighted by atomic mass is 16.6. The van der Waals surface area contributed by atoms with Gasteiger partial charge in [0.05, 0.1) is 6.42 Å². The highest BCUT2D eigenvalue weighted by Gasteiger charge is 2.23. The lowest BCUT2D eigenvalue weighted by Crippen LogP contribution is -2.49. The summed E-state index contributed by atoms with van der Waals surface area (Å²) < 4.78 is 5.48. The second-order valence-electron chi connectivity index (χ2n) is 7.78. The number of anilines is 2. The fraction of sp³-hybridized carbons (Fsp3) is 0.200. The number of carboxylic acids is 1. The summed E-state index contributed by atoms with van der Waals surface area (Å²) in [5, 5.41) is 11.7. The number of hydrogen-bond acceptors (Lipinski definition) is 6. The number of pyridine rings is 1. The molecule has 3 aromatic rings. The standard InChI is InChI=1S/C25H24N4O5/c30-23(31)16-18-6-11-22(26-17-18)28-12-14-29(15-13-28)25(33)34-21-9-7-20(8-10-21)27-24(32)19-4-2-1-3-5-19/h1-11,17H,12-16H2,(H,27,32)(H,30,31). The van der Waals surface area contributed by atoms with Gasteiger partial charge in [0.1, 0.15) is 11.6 Å². The maximum absolute atomic E-state index is 12.5. The number of rotatable bonds is 6. The van der Waals surface area contributed by atoms with Crippen LogP contribution in [-0.4, -0.2) is 59.1 Å². The molecule has 0 spiro atoms. The smallest absolute Gasteiger partial charge is 0.415 e. The Bertz CT molecular complexity index is 1140. The normalized spacial score (nSPS) is 13.3. The minimum Gasteiger partial charge on any atom is -0.481 e. The molecule has 0 aliphatic carbocycles. The Kier molecular flexibility index (Phi) is 7.02. The van der Waals surface area contributed by atoms with Crippen molar-refractivity contribution in [3.05, 3.63) is 84.1 Å². The van der Waals surface area contributed by atoms with E-state index < -0.39 is 12.1 Å². The average Bonchev–Trinajstić information content (AvgIpc) is 2.86. The van der Waals surface area contributed by atoms with Crippen LogP contribution in [0.3, 0.4) is 0 Å². The maximum atomic E-state index is 12.5. The molecule has 0 unspecified atom stereocenters. The van der Waals surface area contributed by atoms with E-state index in [0.29, 0.717) is 48.7 Å². The Morgan fingerprint density at radius 3 is 2.24 bits per heavy atom. The minimum absolute atomic E-state index is 0.0622. The molecule has 1 fully saturated rings. The lowest BCUT2D eigenvalue weighted by molar-refractivity contribution is -0.136. The first-order valence-electron chi connectivity index (χ1n) is 10.8. The number of hydrogen-bond donors (Lipinski definition) is 2. The topological polar surface area (TPSA) is 112 Å². The van der Waals surface area contributed by atoms with E-state index in [1.165, 1.54) is 0 Å². The van der Waals surface area contributed by atoms with Gasteiger partial charge in [0.15, 0.2) is 0 Å². The summed E-state index contributed by atoms with van der Waals surface area (Å²) in [4.78, 5) is 43.6. The molecule has 0 radical (unpaired) electrons. The van der Waals surface area contributed by atoms with E-state index in [-0.39, 0.29) is 12.3 Å². The Balaban J connectivity index is 1.26. The zero-order valence-electron chi connectivity index (χ0n) is 18.4. The molecular weight excluding hydrogens is 436 g/mol. The van der Waals surface area contributed by atoms with Gasteiger partial charge in [-0.3, -0.25) is 9.59 Å². The Hall–Kier alpha value is -4.40. The van der Waals surface area contributed by atoms with Crippen molar-refractivity contribution < 1.29 is 24.2 Å². The quantitative estimate of drug-likeness (QED) is 0.581. The van der Waals surface area contributed by atoms with E-state index in [2.05, 4.69) is 10.3 Å². The highest BCUT2D eigenvalue weighted by molar-refractivity contribution is 6.04. The molecule has 1 aliphatic rings. The van der Waals surface area contributed by atoms with E-state index >= 15 is 0 Å². The number of aliphatic carboxylic acids is 1. The predicted molar refractivity (Wildman–Crippen MR) is 126 cm³/mol. The molecule has 4 rings (SSSR count). The van der Waals surface area contributed by atoms with E-state index in [1.54, 1.807) is 71.8 Å². The third-order valence-corrected chi connectivity index (χ3v) is 5.38. The maximum Gasteiger partial charge on any atom is 0.415 e. The molecule has 1 saturated heterocycles. The molecule has 2 heterocycles. The van der Waals surface area contributed by atoms with Gasteiger partial charge in [0.25, 0.3) is 5.91 Å². The van der Waals surface area contributed by atoms with Crippen LogP contribution in [0.2, 0.25) is 0 Å². The molecule has 2 N–H and O–H groups in total. The van der Waals surface area contributed by atoms with Gasteiger partial charge in [-0.15, -0.1) is 0 Å². The summed E-state index contributed by atoms with van der Waals surface area (Å²) in [5.74, 6) is 0.0265. The van der Waals surface area contributed by atoms with E-state index in [1.807, 2.05) is 11.0 Å². The number of nitrogens with zero attached hydrogens (tertiary/aromatic N) is 3. The van der Waals surface area contributed by atoms with Gasteiger partial charge in [-0.25, -0.2) is 9.78 Å². The number of piperazine rings is 1. The van der Waals surface area contributed by atoms with Crippen molar-refractivity contribution in [2.24, 2.45) is 0 Å². The number of carbonyl (C=O) groups is 3. The lowest BCUT2D eigenvalue weighted by atomic mass is 10.2. The highest BCUT2D eigenvalue weighted by Crippen LogP contribution is 2.19. The predicted octanol–water partition coefficient (Wildman–Crippen LogP) is 3.28. The molecule has 1 aliphatic heterocycles. The molecule has 2 aromatic carbocycles. The van der Waals surface area contributed by atoms with Crippen LogP contribution in [0.4, 0.5) is 16.3 Å². The van der Waals surface area contributed by atoms with Gasteiger partial charge in [-0.2, -0.15) is 0 Å². The van der Waals surface area contributed by atoms with E-state index in [0.717, 1.165) is 5.82 Å². The van der Waals surface area contributed by atoms with Crippen LogP contribution >= 0.6 is 0 Å². The molecular formula is C25H24N4O5. The summed E-state index contributed by atoms with van der Waals surface area (Å²) in [6.45, 7) is 2.13. The van der Waals surface area contributed by atoms with Crippen LogP contribution in [0.15, 0.2) is 72.9 Å². The van der Waals surface area contributed by atoms with Crippen molar-refractivity contribution in [2.75, 3.05) is 36.4 Å². The molecule has 34 heavy (non-hydrogen) atoms. The first-order valence-corrected chi connectivity index (χ1v) is 10.8. The molecule has 174 valence electrons. The minimum atomic E-state index is -0.895. The van der Waals surface area contributed by atoms with Crippen LogP contribution < -0.4 is 15.0 Å². The van der Waals surface area contributed by atoms with Crippen molar-refractivity contribution in [3.8, 4) is 5.75 Å². The summed E-state index contributed by atoms with van der Waals surface area (Å²) in [5.41, 5.74) is 1.80. The fourth-order valence-electron chi connectivity index (χ4n) is 3.57. The number of amides is 2. The van der Waals surface area contributed by atoms with E-state index in [9.17, 15) is 14.4 Å². The molecule has 0 saturated carbocycles. The Morgan fingerprint density at radius 2 is 1.62 bits per heavy atom. The molecule has 0 bridgehead atoms. The second kappa shape index (κ2) is 10.5. The van der Waals surface area contributed by atoms with Crippen molar-refractivity contribution in [3.63, 3.8) is 0 Å². The van der Waals surface area contributed by atoms with Crippen molar-refractivity contribution in [1.82, 2.24) is 9.88 Å².